The third-order valence-electron chi connectivity index (χ3n) is 3.92. The molecule has 116 valence electrons. The smallest absolute Gasteiger partial charge is 0.267 e. The maximum Gasteiger partial charge on any atom is 0.267 e. The van der Waals surface area contributed by atoms with Crippen LogP contribution in [0.25, 0.3) is 0 Å². The minimum Gasteiger partial charge on any atom is -0.359 e. The normalized spacial score (nSPS) is 21.4. The highest BCUT2D eigenvalue weighted by molar-refractivity contribution is 7.86. The second-order valence-electron chi connectivity index (χ2n) is 5.32. The highest BCUT2D eigenvalue weighted by atomic mass is 32.2. The molecule has 0 saturated carbocycles. The van der Waals surface area contributed by atoms with Gasteiger partial charge in [-0.2, -0.15) is 8.42 Å². The first-order valence-electron chi connectivity index (χ1n) is 7.38. The summed E-state index contributed by atoms with van der Waals surface area (Å²) in [5, 5.41) is 0. The van der Waals surface area contributed by atoms with Gasteiger partial charge in [0.1, 0.15) is 6.10 Å². The number of benzene rings is 2. The molecule has 2 aromatic rings. The monoisotopic (exact) mass is 317 g/mol. The summed E-state index contributed by atoms with van der Waals surface area (Å²) in [5.74, 6) is -0.00362. The Hall–Kier alpha value is -1.85. The molecule has 5 heteroatoms. The first-order chi connectivity index (χ1) is 10.6. The molecule has 0 bridgehead atoms. The fourth-order valence-electron chi connectivity index (χ4n) is 2.74. The number of hydrogen-bond acceptors (Lipinski definition) is 4. The molecule has 1 heterocycles. The molecule has 0 aliphatic carbocycles. The summed E-state index contributed by atoms with van der Waals surface area (Å²) >= 11 is 0. The van der Waals surface area contributed by atoms with Gasteiger partial charge in [0, 0.05) is 12.2 Å². The first-order valence-corrected chi connectivity index (χ1v) is 8.96. The van der Waals surface area contributed by atoms with Crippen molar-refractivity contribution in [3.63, 3.8) is 0 Å². The molecule has 4 nitrogen and oxygen atoms in total. The van der Waals surface area contributed by atoms with E-state index in [0.717, 1.165) is 11.3 Å². The molecule has 1 fully saturated rings. The lowest BCUT2D eigenvalue weighted by Gasteiger charge is -2.48. The predicted octanol–water partition coefficient (Wildman–Crippen LogP) is 2.98. The summed E-state index contributed by atoms with van der Waals surface area (Å²) in [4.78, 5) is 2.17. The van der Waals surface area contributed by atoms with Gasteiger partial charge in [-0.05, 0) is 24.6 Å². The van der Waals surface area contributed by atoms with E-state index in [4.69, 9.17) is 4.18 Å². The molecule has 1 saturated heterocycles. The van der Waals surface area contributed by atoms with E-state index in [1.165, 1.54) is 0 Å². The molecule has 0 radical (unpaired) electrons. The average molecular weight is 317 g/mol. The lowest BCUT2D eigenvalue weighted by atomic mass is 9.91. The van der Waals surface area contributed by atoms with Crippen LogP contribution >= 0.6 is 0 Å². The average Bonchev–Trinajstić information content (AvgIpc) is 2.53. The zero-order valence-electron chi connectivity index (χ0n) is 12.4. The van der Waals surface area contributed by atoms with Crippen molar-refractivity contribution in [2.24, 2.45) is 0 Å². The van der Waals surface area contributed by atoms with Gasteiger partial charge in [-0.25, -0.2) is 0 Å². The number of rotatable bonds is 5. The summed E-state index contributed by atoms with van der Waals surface area (Å²) < 4.78 is 28.9. The minimum absolute atomic E-state index is 0.00362. The molecule has 2 unspecified atom stereocenters. The van der Waals surface area contributed by atoms with Crippen molar-refractivity contribution in [1.82, 2.24) is 0 Å². The number of para-hydroxylation sites is 1. The molecule has 1 aliphatic rings. The quantitative estimate of drug-likeness (QED) is 0.795. The molecular formula is C17H19NO3S. The highest BCUT2D eigenvalue weighted by Gasteiger charge is 2.43. The Morgan fingerprint density at radius 3 is 2.23 bits per heavy atom. The van der Waals surface area contributed by atoms with Crippen molar-refractivity contribution in [2.45, 2.75) is 19.1 Å². The number of nitrogens with zero attached hydrogens (tertiary/aromatic N) is 1. The van der Waals surface area contributed by atoms with Crippen molar-refractivity contribution in [2.75, 3.05) is 17.2 Å². The van der Waals surface area contributed by atoms with Crippen LogP contribution in [0.3, 0.4) is 0 Å². The van der Waals surface area contributed by atoms with E-state index in [0.29, 0.717) is 6.54 Å². The van der Waals surface area contributed by atoms with E-state index in [9.17, 15) is 8.42 Å². The van der Waals surface area contributed by atoms with Gasteiger partial charge in [-0.15, -0.1) is 0 Å². The van der Waals surface area contributed by atoms with Gasteiger partial charge in [0.05, 0.1) is 11.8 Å². The maximum absolute atomic E-state index is 11.8. The van der Waals surface area contributed by atoms with Gasteiger partial charge in [0.15, 0.2) is 0 Å². The fourth-order valence-corrected chi connectivity index (χ4v) is 3.42. The Morgan fingerprint density at radius 2 is 1.64 bits per heavy atom. The Bertz CT molecular complexity index is 716. The van der Waals surface area contributed by atoms with Crippen LogP contribution < -0.4 is 4.90 Å². The topological polar surface area (TPSA) is 46.6 Å². The van der Waals surface area contributed by atoms with Crippen molar-refractivity contribution >= 4 is 15.8 Å². The predicted molar refractivity (Wildman–Crippen MR) is 87.3 cm³/mol. The summed E-state index contributed by atoms with van der Waals surface area (Å²) in [6.07, 6.45) is -0.340. The van der Waals surface area contributed by atoms with Crippen molar-refractivity contribution < 1.29 is 12.6 Å². The lowest BCUT2D eigenvalue weighted by molar-refractivity contribution is 0.123. The van der Waals surface area contributed by atoms with E-state index in [1.54, 1.807) is 6.92 Å². The van der Waals surface area contributed by atoms with E-state index in [2.05, 4.69) is 4.90 Å². The molecule has 3 rings (SSSR count). The molecule has 22 heavy (non-hydrogen) atoms. The standard InChI is InChI=1S/C17H19NO3S/c1-2-22(19,20)21-16-13-18(15-11-7-4-8-12-15)17(16)14-9-5-3-6-10-14/h3-12,16-17H,2,13H2,1H3. The first kappa shape index (κ1) is 15.1. The van der Waals surface area contributed by atoms with Gasteiger partial charge in [0.25, 0.3) is 10.1 Å². The Balaban J connectivity index is 1.88. The van der Waals surface area contributed by atoms with Gasteiger partial charge in [-0.1, -0.05) is 48.5 Å². The second-order valence-corrected chi connectivity index (χ2v) is 7.21. The van der Waals surface area contributed by atoms with Crippen molar-refractivity contribution in [3.8, 4) is 0 Å². The van der Waals surface area contributed by atoms with E-state index >= 15 is 0 Å². The zero-order valence-corrected chi connectivity index (χ0v) is 13.2. The van der Waals surface area contributed by atoms with Crippen LogP contribution in [0.15, 0.2) is 60.7 Å². The molecule has 2 aromatic carbocycles. The van der Waals surface area contributed by atoms with Crippen molar-refractivity contribution in [3.05, 3.63) is 66.2 Å². The maximum atomic E-state index is 11.8. The number of hydrogen-bond donors (Lipinski definition) is 0. The van der Waals surface area contributed by atoms with Crippen molar-refractivity contribution in [1.29, 1.82) is 0 Å². The van der Waals surface area contributed by atoms with Crippen LogP contribution in [0.1, 0.15) is 18.5 Å². The Kier molecular flexibility index (Phi) is 4.18. The van der Waals surface area contributed by atoms with Crippen LogP contribution in [0.4, 0.5) is 5.69 Å². The third-order valence-corrected chi connectivity index (χ3v) is 5.16. The molecule has 1 aliphatic heterocycles. The van der Waals surface area contributed by atoms with Gasteiger partial charge < -0.3 is 4.90 Å². The van der Waals surface area contributed by atoms with Crippen LogP contribution in [0.2, 0.25) is 0 Å². The summed E-state index contributed by atoms with van der Waals surface area (Å²) in [7, 11) is -3.45. The minimum atomic E-state index is -3.45. The third kappa shape index (κ3) is 3.00. The van der Waals surface area contributed by atoms with Gasteiger partial charge in [0.2, 0.25) is 0 Å². The molecule has 0 spiro atoms. The molecule has 0 N–H and O–H groups in total. The Labute approximate surface area is 131 Å². The highest BCUT2D eigenvalue weighted by Crippen LogP contribution is 2.40. The van der Waals surface area contributed by atoms with E-state index < -0.39 is 10.1 Å². The van der Waals surface area contributed by atoms with Crippen LogP contribution in [-0.4, -0.2) is 26.8 Å². The molecule has 2 atom stereocenters. The second kappa shape index (κ2) is 6.10. The largest absolute Gasteiger partial charge is 0.359 e. The molecule has 0 aromatic heterocycles. The summed E-state index contributed by atoms with van der Waals surface area (Å²) in [5.41, 5.74) is 2.14. The van der Waals surface area contributed by atoms with Crippen LogP contribution in [0.5, 0.6) is 0 Å². The number of anilines is 1. The zero-order chi connectivity index (χ0) is 15.6. The Morgan fingerprint density at radius 1 is 1.05 bits per heavy atom. The molecule has 0 amide bonds. The van der Waals surface area contributed by atoms with Gasteiger partial charge >= 0.3 is 0 Å². The summed E-state index contributed by atoms with van der Waals surface area (Å²) in [6, 6.07) is 19.8. The molecular weight excluding hydrogens is 298 g/mol. The van der Waals surface area contributed by atoms with Gasteiger partial charge in [-0.3, -0.25) is 4.18 Å². The van der Waals surface area contributed by atoms with Crippen LogP contribution in [-0.2, 0) is 14.3 Å². The van der Waals surface area contributed by atoms with Crippen LogP contribution in [0, 0.1) is 0 Å². The fraction of sp³-hybridized carbons (Fsp3) is 0.294. The van der Waals surface area contributed by atoms with E-state index in [1.807, 2.05) is 60.7 Å². The van der Waals surface area contributed by atoms with E-state index in [-0.39, 0.29) is 17.9 Å². The summed E-state index contributed by atoms with van der Waals surface area (Å²) in [6.45, 7) is 2.17. The SMILES string of the molecule is CCS(=O)(=O)OC1CN(c2ccccc2)C1c1ccccc1. The lowest BCUT2D eigenvalue weighted by Crippen LogP contribution is -2.55.